The van der Waals surface area contributed by atoms with Crippen molar-refractivity contribution in [3.63, 3.8) is 0 Å². The average Bonchev–Trinajstić information content (AvgIpc) is 2.42. The van der Waals surface area contributed by atoms with Crippen molar-refractivity contribution in [2.24, 2.45) is 5.73 Å². The van der Waals surface area contributed by atoms with E-state index >= 15 is 0 Å². The molecule has 2 unspecified atom stereocenters. The van der Waals surface area contributed by atoms with Crippen molar-refractivity contribution in [3.8, 4) is 0 Å². The first kappa shape index (κ1) is 17.2. The lowest BCUT2D eigenvalue weighted by atomic mass is 9.99. The zero-order valence-electron chi connectivity index (χ0n) is 13.8. The Morgan fingerprint density at radius 3 is 2.15 bits per heavy atom. The number of nitrogens with zero attached hydrogens (tertiary/aromatic N) is 2. The molecule has 0 aliphatic carbocycles. The summed E-state index contributed by atoms with van der Waals surface area (Å²) in [6.45, 7) is 9.84. The third-order valence-electron chi connectivity index (χ3n) is 3.90. The summed E-state index contributed by atoms with van der Waals surface area (Å²) < 4.78 is 0. The van der Waals surface area contributed by atoms with Gasteiger partial charge in [-0.1, -0.05) is 36.8 Å². The van der Waals surface area contributed by atoms with E-state index in [1.165, 1.54) is 17.5 Å². The van der Waals surface area contributed by atoms with Gasteiger partial charge in [-0.3, -0.25) is 4.90 Å². The Hall–Kier alpha value is -0.900. The number of aryl methyl sites for hydroxylation is 1. The topological polar surface area (TPSA) is 32.5 Å². The van der Waals surface area contributed by atoms with Crippen LogP contribution in [-0.2, 0) is 0 Å². The van der Waals surface area contributed by atoms with Crippen LogP contribution in [0.1, 0.15) is 37.4 Å². The number of nitrogens with two attached hydrogens (primary N) is 1. The Morgan fingerprint density at radius 2 is 1.65 bits per heavy atom. The van der Waals surface area contributed by atoms with Gasteiger partial charge in [0.25, 0.3) is 0 Å². The summed E-state index contributed by atoms with van der Waals surface area (Å²) in [7, 11) is 4.24. The molecular formula is C17H31N3. The number of likely N-dealkylation sites (N-methyl/N-ethyl adjacent to an activating group) is 1. The molecule has 3 heteroatoms. The van der Waals surface area contributed by atoms with E-state index in [0.717, 1.165) is 19.6 Å². The molecule has 0 aromatic heterocycles. The maximum absolute atomic E-state index is 6.47. The lowest BCUT2D eigenvalue weighted by Crippen LogP contribution is -2.44. The van der Waals surface area contributed by atoms with Gasteiger partial charge >= 0.3 is 0 Å². The zero-order valence-corrected chi connectivity index (χ0v) is 13.8. The highest BCUT2D eigenvalue weighted by Gasteiger charge is 2.21. The van der Waals surface area contributed by atoms with Gasteiger partial charge in [-0.05, 0) is 46.5 Å². The van der Waals surface area contributed by atoms with Gasteiger partial charge in [-0.2, -0.15) is 0 Å². The Labute approximate surface area is 124 Å². The van der Waals surface area contributed by atoms with Crippen LogP contribution < -0.4 is 5.73 Å². The minimum Gasteiger partial charge on any atom is -0.323 e. The minimum absolute atomic E-state index is 0.0734. The second kappa shape index (κ2) is 8.40. The van der Waals surface area contributed by atoms with Crippen LogP contribution in [0.25, 0.3) is 0 Å². The fraction of sp³-hybridized carbons (Fsp3) is 0.647. The lowest BCUT2D eigenvalue weighted by Gasteiger charge is -2.34. The van der Waals surface area contributed by atoms with Crippen molar-refractivity contribution in [1.82, 2.24) is 9.80 Å². The first-order valence-electron chi connectivity index (χ1n) is 7.66. The van der Waals surface area contributed by atoms with Crippen molar-refractivity contribution < 1.29 is 0 Å². The highest BCUT2D eigenvalue weighted by molar-refractivity contribution is 5.24. The van der Waals surface area contributed by atoms with Gasteiger partial charge < -0.3 is 10.6 Å². The maximum Gasteiger partial charge on any atom is 0.0450 e. The predicted molar refractivity (Wildman–Crippen MR) is 88.0 cm³/mol. The molecule has 3 nitrogen and oxygen atoms in total. The van der Waals surface area contributed by atoms with E-state index in [1.807, 2.05) is 0 Å². The second-order valence-corrected chi connectivity index (χ2v) is 6.02. The molecule has 2 N–H and O–H groups in total. The van der Waals surface area contributed by atoms with Crippen LogP contribution in [0.3, 0.4) is 0 Å². The Kier molecular flexibility index (Phi) is 7.20. The molecule has 0 aliphatic heterocycles. The van der Waals surface area contributed by atoms with Crippen molar-refractivity contribution in [1.29, 1.82) is 0 Å². The summed E-state index contributed by atoms with van der Waals surface area (Å²) in [5, 5.41) is 0. The smallest absolute Gasteiger partial charge is 0.0450 e. The minimum atomic E-state index is 0.0734. The molecule has 1 aromatic carbocycles. The predicted octanol–water partition coefficient (Wildman–Crippen LogP) is 2.66. The van der Waals surface area contributed by atoms with Crippen LogP contribution in [0.5, 0.6) is 0 Å². The normalized spacial score (nSPS) is 14.8. The van der Waals surface area contributed by atoms with Gasteiger partial charge in [0, 0.05) is 25.2 Å². The largest absolute Gasteiger partial charge is 0.323 e. The summed E-state index contributed by atoms with van der Waals surface area (Å²) >= 11 is 0. The van der Waals surface area contributed by atoms with E-state index in [1.54, 1.807) is 0 Å². The summed E-state index contributed by atoms with van der Waals surface area (Å²) in [6, 6.07) is 9.04. The zero-order chi connectivity index (χ0) is 15.1. The van der Waals surface area contributed by atoms with Gasteiger partial charge in [0.2, 0.25) is 0 Å². The fourth-order valence-corrected chi connectivity index (χ4v) is 2.43. The second-order valence-electron chi connectivity index (χ2n) is 6.02. The molecular weight excluding hydrogens is 246 g/mol. The lowest BCUT2D eigenvalue weighted by molar-refractivity contribution is 0.168. The highest BCUT2D eigenvalue weighted by atomic mass is 15.2. The molecule has 2 atom stereocenters. The number of rotatable bonds is 8. The van der Waals surface area contributed by atoms with Crippen LogP contribution in [0.2, 0.25) is 0 Å². The van der Waals surface area contributed by atoms with E-state index in [2.05, 4.69) is 68.9 Å². The fourth-order valence-electron chi connectivity index (χ4n) is 2.43. The molecule has 114 valence electrons. The van der Waals surface area contributed by atoms with E-state index < -0.39 is 0 Å². The van der Waals surface area contributed by atoms with Gasteiger partial charge in [0.05, 0.1) is 0 Å². The quantitative estimate of drug-likeness (QED) is 0.793. The Morgan fingerprint density at radius 1 is 1.05 bits per heavy atom. The first-order valence-corrected chi connectivity index (χ1v) is 7.66. The van der Waals surface area contributed by atoms with E-state index in [4.69, 9.17) is 5.73 Å². The van der Waals surface area contributed by atoms with Crippen LogP contribution >= 0.6 is 0 Å². The summed E-state index contributed by atoms with van der Waals surface area (Å²) in [5.41, 5.74) is 8.99. The summed E-state index contributed by atoms with van der Waals surface area (Å²) in [5.74, 6) is 0. The Bertz CT molecular complexity index is 372. The molecule has 0 saturated carbocycles. The van der Waals surface area contributed by atoms with E-state index in [9.17, 15) is 0 Å². The third-order valence-corrected chi connectivity index (χ3v) is 3.90. The van der Waals surface area contributed by atoms with Gasteiger partial charge in [-0.15, -0.1) is 0 Å². The monoisotopic (exact) mass is 277 g/mol. The Balaban J connectivity index is 2.71. The van der Waals surface area contributed by atoms with Gasteiger partial charge in [0.1, 0.15) is 0 Å². The van der Waals surface area contributed by atoms with E-state index in [-0.39, 0.29) is 6.04 Å². The molecule has 0 bridgehead atoms. The number of hydrogen-bond acceptors (Lipinski definition) is 3. The average molecular weight is 277 g/mol. The van der Waals surface area contributed by atoms with Crippen LogP contribution in [-0.4, -0.2) is 49.6 Å². The van der Waals surface area contributed by atoms with Crippen LogP contribution in [0.15, 0.2) is 24.3 Å². The molecule has 1 rings (SSSR count). The molecule has 20 heavy (non-hydrogen) atoms. The molecule has 1 aromatic rings. The maximum atomic E-state index is 6.47. The first-order chi connectivity index (χ1) is 9.45. The van der Waals surface area contributed by atoms with Gasteiger partial charge in [0.15, 0.2) is 0 Å². The van der Waals surface area contributed by atoms with Gasteiger partial charge in [-0.25, -0.2) is 0 Å². The van der Waals surface area contributed by atoms with Crippen LogP contribution in [0.4, 0.5) is 0 Å². The standard InChI is InChI=1S/C17H31N3/c1-6-11-20(13-12-19(4)5)15(3)17(18)16-9-7-14(2)8-10-16/h7-10,15,17H,6,11-13,18H2,1-5H3. The van der Waals surface area contributed by atoms with Crippen LogP contribution in [0, 0.1) is 6.92 Å². The number of benzene rings is 1. The molecule has 0 aliphatic rings. The van der Waals surface area contributed by atoms with Crippen molar-refractivity contribution >= 4 is 0 Å². The number of hydrogen-bond donors (Lipinski definition) is 1. The molecule has 0 fully saturated rings. The third kappa shape index (κ3) is 5.23. The highest BCUT2D eigenvalue weighted by Crippen LogP contribution is 2.19. The summed E-state index contributed by atoms with van der Waals surface area (Å²) in [4.78, 5) is 4.73. The molecule has 0 spiro atoms. The summed E-state index contributed by atoms with van der Waals surface area (Å²) in [6.07, 6.45) is 1.17. The van der Waals surface area contributed by atoms with E-state index in [0.29, 0.717) is 6.04 Å². The molecule has 0 saturated heterocycles. The SMILES string of the molecule is CCCN(CCN(C)C)C(C)C(N)c1ccc(C)cc1. The molecule has 0 amide bonds. The van der Waals surface area contributed by atoms with Crippen molar-refractivity contribution in [3.05, 3.63) is 35.4 Å². The molecule has 0 radical (unpaired) electrons. The van der Waals surface area contributed by atoms with Crippen molar-refractivity contribution in [2.75, 3.05) is 33.7 Å². The molecule has 0 heterocycles. The van der Waals surface area contributed by atoms with Crippen molar-refractivity contribution in [2.45, 2.75) is 39.3 Å².